The molecule has 8 heteroatoms. The molecule has 3 heterocycles. The molecule has 5 rings (SSSR count). The van der Waals surface area contributed by atoms with Crippen molar-refractivity contribution in [2.75, 3.05) is 13.2 Å². The van der Waals surface area contributed by atoms with E-state index in [1.54, 1.807) is 0 Å². The van der Waals surface area contributed by atoms with Crippen LogP contribution in [0.2, 0.25) is 0 Å². The van der Waals surface area contributed by atoms with Gasteiger partial charge in [0, 0.05) is 30.8 Å². The summed E-state index contributed by atoms with van der Waals surface area (Å²) < 4.78 is 7.72. The molecule has 1 aliphatic rings. The summed E-state index contributed by atoms with van der Waals surface area (Å²) in [5, 5.41) is 13.4. The molecular weight excluding hydrogens is 416 g/mol. The predicted octanol–water partition coefficient (Wildman–Crippen LogP) is 3.05. The average molecular weight is 445 g/mol. The van der Waals surface area contributed by atoms with Gasteiger partial charge in [0.25, 0.3) is 5.56 Å². The third-order valence-electron chi connectivity index (χ3n) is 6.10. The summed E-state index contributed by atoms with van der Waals surface area (Å²) in [6.07, 6.45) is 2.25. The third kappa shape index (κ3) is 5.18. The number of nitrogens with one attached hydrogen (secondary N) is 1. The van der Waals surface area contributed by atoms with Gasteiger partial charge < -0.3 is 9.72 Å². The molecule has 1 N–H and O–H groups in total. The molecule has 0 spiro atoms. The zero-order valence-electron chi connectivity index (χ0n) is 18.8. The van der Waals surface area contributed by atoms with Gasteiger partial charge in [0.2, 0.25) is 0 Å². The van der Waals surface area contributed by atoms with Crippen LogP contribution in [-0.2, 0) is 24.4 Å². The molecule has 0 amide bonds. The van der Waals surface area contributed by atoms with Crippen molar-refractivity contribution in [2.24, 2.45) is 0 Å². The molecule has 0 radical (unpaired) electrons. The monoisotopic (exact) mass is 444 g/mol. The fraction of sp³-hybridized carbons (Fsp3) is 0.360. The number of aromatic amines is 1. The van der Waals surface area contributed by atoms with Crippen molar-refractivity contribution in [3.63, 3.8) is 0 Å². The Kier molecular flexibility index (Phi) is 6.28. The van der Waals surface area contributed by atoms with Crippen molar-refractivity contribution in [3.05, 3.63) is 87.5 Å². The maximum atomic E-state index is 12.8. The van der Waals surface area contributed by atoms with Crippen molar-refractivity contribution >= 4 is 10.9 Å². The second kappa shape index (κ2) is 9.64. The first-order chi connectivity index (χ1) is 16.1. The number of aromatic nitrogens is 5. The zero-order chi connectivity index (χ0) is 22.6. The van der Waals surface area contributed by atoms with Crippen LogP contribution in [0.15, 0.2) is 59.4 Å². The second-order valence-electron chi connectivity index (χ2n) is 8.76. The van der Waals surface area contributed by atoms with Crippen LogP contribution in [0.3, 0.4) is 0 Å². The normalized spacial score (nSPS) is 16.1. The Bertz CT molecular complexity index is 1280. The van der Waals surface area contributed by atoms with E-state index in [1.165, 1.54) is 0 Å². The molecule has 2 aromatic heterocycles. The van der Waals surface area contributed by atoms with Crippen LogP contribution >= 0.6 is 0 Å². The summed E-state index contributed by atoms with van der Waals surface area (Å²) >= 11 is 0. The molecule has 2 aromatic carbocycles. The van der Waals surface area contributed by atoms with Crippen LogP contribution in [0.4, 0.5) is 0 Å². The largest absolute Gasteiger partial charge is 0.377 e. The van der Waals surface area contributed by atoms with Gasteiger partial charge in [-0.1, -0.05) is 42.0 Å². The Labute approximate surface area is 192 Å². The summed E-state index contributed by atoms with van der Waals surface area (Å²) in [4.78, 5) is 18.1. The molecule has 1 fully saturated rings. The highest BCUT2D eigenvalue weighted by Gasteiger charge is 2.22. The Morgan fingerprint density at radius 3 is 2.85 bits per heavy atom. The van der Waals surface area contributed by atoms with Crippen molar-refractivity contribution in [3.8, 4) is 0 Å². The van der Waals surface area contributed by atoms with Gasteiger partial charge in [-0.3, -0.25) is 9.69 Å². The molecule has 1 saturated heterocycles. The van der Waals surface area contributed by atoms with Crippen LogP contribution in [0.5, 0.6) is 0 Å². The van der Waals surface area contributed by atoms with Gasteiger partial charge in [0.1, 0.15) is 0 Å². The number of fused-ring (bicyclic) bond motifs is 1. The standard InChI is InChI=1S/C25H28N6O2/c1-18-9-10-23-20(12-18)13-21(25(32)26-23)15-30(16-22-8-5-11-33-22)17-24-27-28-29-31(24)14-19-6-3-2-4-7-19/h2-4,6-7,9-10,12-13,22H,5,8,11,14-17H2,1H3,(H,26,32)/t22-/m1/s1. The molecule has 1 aliphatic heterocycles. The smallest absolute Gasteiger partial charge is 0.252 e. The third-order valence-corrected chi connectivity index (χ3v) is 6.10. The number of aryl methyl sites for hydroxylation is 1. The molecule has 33 heavy (non-hydrogen) atoms. The zero-order valence-corrected chi connectivity index (χ0v) is 18.8. The predicted molar refractivity (Wildman–Crippen MR) is 126 cm³/mol. The van der Waals surface area contributed by atoms with Gasteiger partial charge >= 0.3 is 0 Å². The first-order valence-electron chi connectivity index (χ1n) is 11.4. The van der Waals surface area contributed by atoms with Crippen LogP contribution in [0.25, 0.3) is 10.9 Å². The summed E-state index contributed by atoms with van der Waals surface area (Å²) in [7, 11) is 0. The highest BCUT2D eigenvalue weighted by atomic mass is 16.5. The topological polar surface area (TPSA) is 88.9 Å². The lowest BCUT2D eigenvalue weighted by Gasteiger charge is -2.24. The van der Waals surface area contributed by atoms with Gasteiger partial charge in [-0.2, -0.15) is 0 Å². The van der Waals surface area contributed by atoms with E-state index in [4.69, 9.17) is 4.74 Å². The summed E-state index contributed by atoms with van der Waals surface area (Å²) in [6, 6.07) is 18.2. The van der Waals surface area contributed by atoms with E-state index in [1.807, 2.05) is 41.1 Å². The van der Waals surface area contributed by atoms with E-state index in [0.717, 1.165) is 59.4 Å². The quantitative estimate of drug-likeness (QED) is 0.449. The van der Waals surface area contributed by atoms with E-state index in [9.17, 15) is 4.79 Å². The second-order valence-corrected chi connectivity index (χ2v) is 8.76. The molecular formula is C25H28N6O2. The molecule has 8 nitrogen and oxygen atoms in total. The van der Waals surface area contributed by atoms with Crippen LogP contribution in [0.1, 0.15) is 35.4 Å². The number of rotatable bonds is 8. The minimum Gasteiger partial charge on any atom is -0.377 e. The SMILES string of the molecule is Cc1ccc2[nH]c(=O)c(CN(Cc3nnnn3Cc3ccccc3)C[C@H]3CCCO3)cc2c1. The van der Waals surface area contributed by atoms with Crippen LogP contribution < -0.4 is 5.56 Å². The highest BCUT2D eigenvalue weighted by molar-refractivity contribution is 5.79. The number of benzene rings is 2. The van der Waals surface area contributed by atoms with Crippen LogP contribution in [-0.4, -0.2) is 49.3 Å². The van der Waals surface area contributed by atoms with Crippen molar-refractivity contribution < 1.29 is 4.74 Å². The summed E-state index contributed by atoms with van der Waals surface area (Å²) in [5.41, 5.74) is 3.82. The Morgan fingerprint density at radius 1 is 1.15 bits per heavy atom. The van der Waals surface area contributed by atoms with E-state index < -0.39 is 0 Å². The van der Waals surface area contributed by atoms with Crippen LogP contribution in [0, 0.1) is 6.92 Å². The Hall–Kier alpha value is -3.36. The van der Waals surface area contributed by atoms with Gasteiger partial charge in [-0.05, 0) is 59.3 Å². The minimum absolute atomic E-state index is 0.0624. The lowest BCUT2D eigenvalue weighted by atomic mass is 10.1. The first kappa shape index (κ1) is 21.5. The molecule has 0 unspecified atom stereocenters. The van der Waals surface area contributed by atoms with E-state index in [0.29, 0.717) is 19.6 Å². The number of H-pyrrole nitrogens is 1. The fourth-order valence-corrected chi connectivity index (χ4v) is 4.41. The van der Waals surface area contributed by atoms with Gasteiger partial charge in [-0.15, -0.1) is 5.10 Å². The maximum absolute atomic E-state index is 12.8. The summed E-state index contributed by atoms with van der Waals surface area (Å²) in [5.74, 6) is 0.768. The number of hydrogen-bond donors (Lipinski definition) is 1. The molecule has 1 atom stereocenters. The van der Waals surface area contributed by atoms with E-state index in [2.05, 4.69) is 50.5 Å². The van der Waals surface area contributed by atoms with E-state index in [-0.39, 0.29) is 11.7 Å². The molecule has 0 bridgehead atoms. The Balaban J connectivity index is 1.40. The molecule has 170 valence electrons. The van der Waals surface area contributed by atoms with Crippen molar-refractivity contribution in [1.29, 1.82) is 0 Å². The fourth-order valence-electron chi connectivity index (χ4n) is 4.41. The number of hydrogen-bond acceptors (Lipinski definition) is 6. The lowest BCUT2D eigenvalue weighted by Crippen LogP contribution is -2.34. The number of ether oxygens (including phenoxy) is 1. The molecule has 0 saturated carbocycles. The number of tetrazole rings is 1. The lowest BCUT2D eigenvalue weighted by molar-refractivity contribution is 0.0663. The highest BCUT2D eigenvalue weighted by Crippen LogP contribution is 2.18. The van der Waals surface area contributed by atoms with Crippen molar-refractivity contribution in [1.82, 2.24) is 30.1 Å². The summed E-state index contributed by atoms with van der Waals surface area (Å²) in [6.45, 7) is 5.21. The molecule has 4 aromatic rings. The number of pyridine rings is 1. The number of nitrogens with zero attached hydrogens (tertiary/aromatic N) is 5. The minimum atomic E-state index is -0.0624. The van der Waals surface area contributed by atoms with Gasteiger partial charge in [0.15, 0.2) is 5.82 Å². The van der Waals surface area contributed by atoms with Gasteiger partial charge in [-0.25, -0.2) is 4.68 Å². The van der Waals surface area contributed by atoms with E-state index >= 15 is 0 Å². The van der Waals surface area contributed by atoms with Gasteiger partial charge in [0.05, 0.1) is 19.2 Å². The first-order valence-corrected chi connectivity index (χ1v) is 11.4. The maximum Gasteiger partial charge on any atom is 0.252 e. The Morgan fingerprint density at radius 2 is 2.03 bits per heavy atom. The van der Waals surface area contributed by atoms with Crippen molar-refractivity contribution in [2.45, 2.75) is 45.5 Å². The molecule has 0 aliphatic carbocycles. The average Bonchev–Trinajstić information content (AvgIpc) is 3.48.